The average Bonchev–Trinajstić information content (AvgIpc) is 2.61. The van der Waals surface area contributed by atoms with Crippen molar-refractivity contribution in [2.75, 3.05) is 0 Å². The summed E-state index contributed by atoms with van der Waals surface area (Å²) in [7, 11) is 0. The van der Waals surface area contributed by atoms with Crippen molar-refractivity contribution in [3.05, 3.63) is 30.1 Å². The molecule has 0 radical (unpaired) electrons. The van der Waals surface area contributed by atoms with Gasteiger partial charge in [-0.25, -0.2) is 4.52 Å². The van der Waals surface area contributed by atoms with Gasteiger partial charge >= 0.3 is 0 Å². The van der Waals surface area contributed by atoms with Crippen molar-refractivity contribution in [2.45, 2.75) is 32.6 Å². The predicted octanol–water partition coefficient (Wildman–Crippen LogP) is 2.42. The summed E-state index contributed by atoms with van der Waals surface area (Å²) in [5.74, 6) is 0. The van der Waals surface area contributed by atoms with Crippen LogP contribution < -0.4 is 0 Å². The maximum atomic E-state index is 4.25. The van der Waals surface area contributed by atoms with E-state index in [9.17, 15) is 0 Å². The summed E-state index contributed by atoms with van der Waals surface area (Å²) in [5.41, 5.74) is 2.29. The third kappa shape index (κ3) is 1.29. The lowest BCUT2D eigenvalue weighted by Gasteiger charge is -2.19. The van der Waals surface area contributed by atoms with Crippen molar-refractivity contribution in [3.8, 4) is 0 Å². The summed E-state index contributed by atoms with van der Waals surface area (Å²) in [6.07, 6.45) is 2.99. The van der Waals surface area contributed by atoms with Gasteiger partial charge in [0.05, 0.1) is 11.2 Å². The van der Waals surface area contributed by atoms with Crippen molar-refractivity contribution in [1.82, 2.24) is 14.8 Å². The van der Waals surface area contributed by atoms with Crippen molar-refractivity contribution in [3.63, 3.8) is 0 Å². The van der Waals surface area contributed by atoms with Crippen LogP contribution in [0, 0.1) is 0 Å². The van der Waals surface area contributed by atoms with Crippen LogP contribution in [0.2, 0.25) is 0 Å². The van der Waals surface area contributed by atoms with Crippen LogP contribution in [0.3, 0.4) is 0 Å². The Balaban J connectivity index is 2.64. The second-order valence-electron chi connectivity index (χ2n) is 4.21. The van der Waals surface area contributed by atoms with Gasteiger partial charge in [-0.05, 0) is 18.6 Å². The molecule has 0 unspecified atom stereocenters. The van der Waals surface area contributed by atoms with Gasteiger partial charge in [-0.3, -0.25) is 0 Å². The molecule has 0 saturated heterocycles. The predicted molar refractivity (Wildman–Crippen MR) is 56.3 cm³/mol. The highest BCUT2D eigenvalue weighted by Crippen LogP contribution is 2.27. The molecular weight excluding hydrogens is 174 g/mol. The van der Waals surface area contributed by atoms with E-state index >= 15 is 0 Å². The Kier molecular flexibility index (Phi) is 2.02. The van der Waals surface area contributed by atoms with Crippen LogP contribution in [-0.4, -0.2) is 14.8 Å². The Morgan fingerprint density at radius 1 is 1.36 bits per heavy atom. The fourth-order valence-electron chi connectivity index (χ4n) is 1.49. The zero-order valence-electron chi connectivity index (χ0n) is 8.86. The molecule has 2 rings (SSSR count). The Morgan fingerprint density at radius 2 is 2.14 bits per heavy atom. The first-order chi connectivity index (χ1) is 6.65. The van der Waals surface area contributed by atoms with Crippen LogP contribution in [-0.2, 0) is 5.41 Å². The van der Waals surface area contributed by atoms with Crippen LogP contribution in [0.25, 0.3) is 5.52 Å². The number of fused-ring (bicyclic) bond motifs is 1. The highest BCUT2D eigenvalue weighted by Gasteiger charge is 2.23. The van der Waals surface area contributed by atoms with Crippen LogP contribution in [0.15, 0.2) is 24.4 Å². The minimum atomic E-state index is 0.100. The van der Waals surface area contributed by atoms with E-state index in [1.807, 2.05) is 22.8 Å². The lowest BCUT2D eigenvalue weighted by Crippen LogP contribution is -2.16. The van der Waals surface area contributed by atoms with E-state index in [0.717, 1.165) is 17.6 Å². The largest absolute Gasteiger partial charge is 0.220 e. The van der Waals surface area contributed by atoms with E-state index in [-0.39, 0.29) is 5.41 Å². The molecule has 0 saturated carbocycles. The summed E-state index contributed by atoms with van der Waals surface area (Å²) in [4.78, 5) is 0. The van der Waals surface area contributed by atoms with E-state index in [4.69, 9.17) is 0 Å². The van der Waals surface area contributed by atoms with Crippen LogP contribution in [0.4, 0.5) is 0 Å². The summed E-state index contributed by atoms with van der Waals surface area (Å²) in [6, 6.07) is 6.05. The third-order valence-corrected chi connectivity index (χ3v) is 2.85. The molecule has 0 atom stereocenters. The maximum Gasteiger partial charge on any atom is 0.0961 e. The number of rotatable bonds is 2. The first kappa shape index (κ1) is 9.19. The second-order valence-corrected chi connectivity index (χ2v) is 4.21. The quantitative estimate of drug-likeness (QED) is 0.726. The molecule has 0 aliphatic heterocycles. The standard InChI is InChI=1S/C11H15N3/c1-4-11(2,3)10-9-7-5-6-8-14(9)13-12-10/h5-8H,4H2,1-3H3. The summed E-state index contributed by atoms with van der Waals surface area (Å²) >= 11 is 0. The molecule has 14 heavy (non-hydrogen) atoms. The van der Waals surface area contributed by atoms with Gasteiger partial charge < -0.3 is 0 Å². The fourth-order valence-corrected chi connectivity index (χ4v) is 1.49. The molecule has 0 amide bonds. The molecule has 2 aromatic heterocycles. The molecule has 0 aliphatic rings. The zero-order chi connectivity index (χ0) is 10.2. The van der Waals surface area contributed by atoms with Gasteiger partial charge in [0.25, 0.3) is 0 Å². The van der Waals surface area contributed by atoms with Crippen LogP contribution >= 0.6 is 0 Å². The van der Waals surface area contributed by atoms with E-state index in [1.165, 1.54) is 0 Å². The van der Waals surface area contributed by atoms with Crippen LogP contribution in [0.5, 0.6) is 0 Å². The maximum absolute atomic E-state index is 4.25. The minimum Gasteiger partial charge on any atom is -0.220 e. The highest BCUT2D eigenvalue weighted by atomic mass is 15.4. The highest BCUT2D eigenvalue weighted by molar-refractivity contribution is 5.53. The summed E-state index contributed by atoms with van der Waals surface area (Å²) < 4.78 is 1.83. The molecular formula is C11H15N3. The second kappa shape index (κ2) is 3.08. The van der Waals surface area contributed by atoms with Gasteiger partial charge in [0.2, 0.25) is 0 Å². The van der Waals surface area contributed by atoms with Crippen molar-refractivity contribution in [2.24, 2.45) is 0 Å². The van der Waals surface area contributed by atoms with Crippen molar-refractivity contribution >= 4 is 5.52 Å². The number of nitrogens with zero attached hydrogens (tertiary/aromatic N) is 3. The van der Waals surface area contributed by atoms with E-state index in [0.29, 0.717) is 0 Å². The SMILES string of the molecule is CCC(C)(C)c1nnn2ccccc12. The Bertz CT molecular complexity index is 442. The van der Waals surface area contributed by atoms with Crippen molar-refractivity contribution in [1.29, 1.82) is 0 Å². The molecule has 0 fully saturated rings. The molecule has 0 spiro atoms. The van der Waals surface area contributed by atoms with Gasteiger partial charge in [0, 0.05) is 11.6 Å². The van der Waals surface area contributed by atoms with Crippen LogP contribution in [0.1, 0.15) is 32.9 Å². The lowest BCUT2D eigenvalue weighted by atomic mass is 9.86. The Hall–Kier alpha value is -1.38. The number of hydrogen-bond donors (Lipinski definition) is 0. The molecule has 0 aromatic carbocycles. The topological polar surface area (TPSA) is 30.2 Å². The minimum absolute atomic E-state index is 0.100. The van der Waals surface area contributed by atoms with E-state index in [2.05, 4.69) is 37.1 Å². The molecule has 0 N–H and O–H groups in total. The molecule has 74 valence electrons. The number of aromatic nitrogens is 3. The molecule has 2 aromatic rings. The average molecular weight is 189 g/mol. The molecule has 2 heterocycles. The molecule has 3 nitrogen and oxygen atoms in total. The number of pyridine rings is 1. The number of hydrogen-bond acceptors (Lipinski definition) is 2. The van der Waals surface area contributed by atoms with Gasteiger partial charge in [0.1, 0.15) is 0 Å². The van der Waals surface area contributed by atoms with Gasteiger partial charge in [-0.2, -0.15) is 0 Å². The van der Waals surface area contributed by atoms with Crippen molar-refractivity contribution < 1.29 is 0 Å². The van der Waals surface area contributed by atoms with E-state index in [1.54, 1.807) is 0 Å². The third-order valence-electron chi connectivity index (χ3n) is 2.85. The normalized spacial score (nSPS) is 12.2. The monoisotopic (exact) mass is 189 g/mol. The zero-order valence-corrected chi connectivity index (χ0v) is 8.86. The Morgan fingerprint density at radius 3 is 2.86 bits per heavy atom. The van der Waals surface area contributed by atoms with E-state index < -0.39 is 0 Å². The van der Waals surface area contributed by atoms with Gasteiger partial charge in [-0.1, -0.05) is 32.1 Å². The fraction of sp³-hybridized carbons (Fsp3) is 0.455. The summed E-state index contributed by atoms with van der Waals surface area (Å²) in [5, 5.41) is 8.35. The first-order valence-electron chi connectivity index (χ1n) is 4.95. The first-order valence-corrected chi connectivity index (χ1v) is 4.95. The van der Waals surface area contributed by atoms with Gasteiger partial charge in [-0.15, -0.1) is 5.10 Å². The smallest absolute Gasteiger partial charge is 0.0961 e. The molecule has 3 heteroatoms. The lowest BCUT2D eigenvalue weighted by molar-refractivity contribution is 0.493. The molecule has 0 aliphatic carbocycles. The molecule has 0 bridgehead atoms. The van der Waals surface area contributed by atoms with Gasteiger partial charge in [0.15, 0.2) is 0 Å². The Labute approximate surface area is 83.8 Å². The summed E-state index contributed by atoms with van der Waals surface area (Å²) in [6.45, 7) is 6.57.